The van der Waals surface area contributed by atoms with Crippen LogP contribution in [0.3, 0.4) is 0 Å². The Labute approximate surface area is 135 Å². The highest BCUT2D eigenvalue weighted by Crippen LogP contribution is 2.34. The van der Waals surface area contributed by atoms with Gasteiger partial charge in [0, 0.05) is 12.6 Å². The standard InChI is InChI=1S/C15H25N5O3/c1-9(2)8-15(3,4)20-12-10(17-14(20)21)11(16)18-13(19-12)23-7-6-22-5/h9H,6-8H2,1-5H3,(H,17,21)(H2,16,18,19). The van der Waals surface area contributed by atoms with Crippen molar-refractivity contribution in [2.75, 3.05) is 26.1 Å². The molecule has 128 valence electrons. The van der Waals surface area contributed by atoms with E-state index in [1.165, 1.54) is 0 Å². The molecule has 3 N–H and O–H groups in total. The molecule has 0 bridgehead atoms. The third-order valence-corrected chi connectivity index (χ3v) is 3.53. The van der Waals surface area contributed by atoms with Gasteiger partial charge in [-0.3, -0.25) is 4.57 Å². The number of fused-ring (bicyclic) bond motifs is 1. The molecule has 0 saturated heterocycles. The minimum absolute atomic E-state index is 0.124. The van der Waals surface area contributed by atoms with Gasteiger partial charge in [0.1, 0.15) is 6.61 Å². The van der Waals surface area contributed by atoms with Crippen molar-refractivity contribution in [1.82, 2.24) is 19.5 Å². The Morgan fingerprint density at radius 2 is 1.91 bits per heavy atom. The molecule has 0 spiro atoms. The topological polar surface area (TPSA) is 108 Å². The van der Waals surface area contributed by atoms with Crippen LogP contribution in [0.25, 0.3) is 11.2 Å². The average molecular weight is 323 g/mol. The zero-order valence-corrected chi connectivity index (χ0v) is 14.3. The molecule has 0 aliphatic rings. The first-order valence-electron chi connectivity index (χ1n) is 7.63. The summed E-state index contributed by atoms with van der Waals surface area (Å²) in [7, 11) is 1.59. The SMILES string of the molecule is COCCOc1nc(N)c2nc(O)n(C(C)(C)CC(C)C)c2n1. The maximum Gasteiger partial charge on any atom is 0.320 e. The molecule has 23 heavy (non-hydrogen) atoms. The molecule has 0 fully saturated rings. The lowest BCUT2D eigenvalue weighted by Gasteiger charge is -2.29. The van der Waals surface area contributed by atoms with Crippen LogP contribution in [0.4, 0.5) is 5.82 Å². The summed E-state index contributed by atoms with van der Waals surface area (Å²) >= 11 is 0. The van der Waals surface area contributed by atoms with Crippen molar-refractivity contribution in [3.05, 3.63) is 0 Å². The fourth-order valence-electron chi connectivity index (χ4n) is 2.88. The quantitative estimate of drug-likeness (QED) is 0.749. The van der Waals surface area contributed by atoms with Gasteiger partial charge >= 0.3 is 6.01 Å². The van der Waals surface area contributed by atoms with Gasteiger partial charge in [-0.25, -0.2) is 0 Å². The first-order chi connectivity index (χ1) is 10.8. The highest BCUT2D eigenvalue weighted by molar-refractivity contribution is 5.83. The molecule has 8 heteroatoms. The number of imidazole rings is 1. The van der Waals surface area contributed by atoms with E-state index in [1.807, 2.05) is 13.8 Å². The molecule has 2 rings (SSSR count). The van der Waals surface area contributed by atoms with Gasteiger partial charge in [-0.2, -0.15) is 15.0 Å². The normalized spacial score (nSPS) is 12.3. The third kappa shape index (κ3) is 3.64. The number of methoxy groups -OCH3 is 1. The van der Waals surface area contributed by atoms with E-state index in [2.05, 4.69) is 28.8 Å². The van der Waals surface area contributed by atoms with Gasteiger partial charge in [0.15, 0.2) is 17.0 Å². The van der Waals surface area contributed by atoms with E-state index >= 15 is 0 Å². The fraction of sp³-hybridized carbons (Fsp3) is 0.667. The van der Waals surface area contributed by atoms with E-state index in [9.17, 15) is 5.11 Å². The third-order valence-electron chi connectivity index (χ3n) is 3.53. The lowest BCUT2D eigenvalue weighted by atomic mass is 9.92. The van der Waals surface area contributed by atoms with Gasteiger partial charge < -0.3 is 20.3 Å². The average Bonchev–Trinajstić information content (AvgIpc) is 2.75. The van der Waals surface area contributed by atoms with Gasteiger partial charge in [-0.15, -0.1) is 0 Å². The van der Waals surface area contributed by atoms with Crippen LogP contribution in [0.15, 0.2) is 0 Å². The number of ether oxygens (including phenoxy) is 2. The van der Waals surface area contributed by atoms with Crippen molar-refractivity contribution < 1.29 is 14.6 Å². The lowest BCUT2D eigenvalue weighted by molar-refractivity contribution is 0.141. The van der Waals surface area contributed by atoms with Crippen LogP contribution in [0.2, 0.25) is 0 Å². The zero-order valence-electron chi connectivity index (χ0n) is 14.3. The summed E-state index contributed by atoms with van der Waals surface area (Å²) in [6, 6.07) is 0.0224. The van der Waals surface area contributed by atoms with Crippen molar-refractivity contribution in [2.45, 2.75) is 39.7 Å². The molecule has 0 aliphatic carbocycles. The number of nitrogens with two attached hydrogens (primary N) is 1. The van der Waals surface area contributed by atoms with Gasteiger partial charge in [-0.1, -0.05) is 13.8 Å². The van der Waals surface area contributed by atoms with E-state index in [-0.39, 0.29) is 23.4 Å². The van der Waals surface area contributed by atoms with Gasteiger partial charge in [0.05, 0.1) is 6.61 Å². The minimum atomic E-state index is -0.377. The highest BCUT2D eigenvalue weighted by atomic mass is 16.5. The maximum atomic E-state index is 10.3. The molecule has 0 amide bonds. The Hall–Kier alpha value is -2.09. The number of nitrogen functional groups attached to an aromatic ring is 1. The van der Waals surface area contributed by atoms with Crippen LogP contribution in [-0.4, -0.2) is 44.9 Å². The molecule has 0 aliphatic heterocycles. The number of nitrogens with zero attached hydrogens (tertiary/aromatic N) is 4. The highest BCUT2D eigenvalue weighted by Gasteiger charge is 2.29. The second-order valence-corrected chi connectivity index (χ2v) is 6.56. The number of aromatic nitrogens is 4. The second-order valence-electron chi connectivity index (χ2n) is 6.56. The number of rotatable bonds is 7. The summed E-state index contributed by atoms with van der Waals surface area (Å²) in [5.74, 6) is 0.621. The summed E-state index contributed by atoms with van der Waals surface area (Å²) < 4.78 is 12.1. The Morgan fingerprint density at radius 1 is 1.22 bits per heavy atom. The molecule has 0 aromatic carbocycles. The Kier molecular flexibility index (Phi) is 4.93. The van der Waals surface area contributed by atoms with Crippen LogP contribution >= 0.6 is 0 Å². The molecule has 0 unspecified atom stereocenters. The van der Waals surface area contributed by atoms with E-state index in [4.69, 9.17) is 15.2 Å². The van der Waals surface area contributed by atoms with Crippen LogP contribution < -0.4 is 10.5 Å². The molecule has 2 aromatic rings. The maximum absolute atomic E-state index is 10.3. The number of anilines is 1. The molecule has 0 radical (unpaired) electrons. The smallest absolute Gasteiger partial charge is 0.320 e. The first-order valence-corrected chi connectivity index (χ1v) is 7.63. The van der Waals surface area contributed by atoms with Crippen molar-refractivity contribution >= 4 is 17.0 Å². The van der Waals surface area contributed by atoms with E-state index < -0.39 is 0 Å². The van der Waals surface area contributed by atoms with E-state index in [0.717, 1.165) is 6.42 Å². The summed E-state index contributed by atoms with van der Waals surface area (Å²) in [5, 5.41) is 10.3. The van der Waals surface area contributed by atoms with Crippen molar-refractivity contribution in [1.29, 1.82) is 0 Å². The van der Waals surface area contributed by atoms with Gasteiger partial charge in [0.2, 0.25) is 0 Å². The Morgan fingerprint density at radius 3 is 2.52 bits per heavy atom. The van der Waals surface area contributed by atoms with Crippen LogP contribution in [0.1, 0.15) is 34.1 Å². The molecule has 0 saturated carbocycles. The van der Waals surface area contributed by atoms with Gasteiger partial charge in [0.25, 0.3) is 6.01 Å². The summed E-state index contributed by atoms with van der Waals surface area (Å²) in [6.45, 7) is 9.04. The summed E-state index contributed by atoms with van der Waals surface area (Å²) in [6.07, 6.45) is 0.843. The number of aromatic hydroxyl groups is 1. The number of hydrogen-bond acceptors (Lipinski definition) is 7. The molecular weight excluding hydrogens is 298 g/mol. The lowest BCUT2D eigenvalue weighted by Crippen LogP contribution is -2.28. The van der Waals surface area contributed by atoms with Crippen LogP contribution in [0.5, 0.6) is 12.0 Å². The predicted molar refractivity (Wildman–Crippen MR) is 87.5 cm³/mol. The molecule has 8 nitrogen and oxygen atoms in total. The van der Waals surface area contributed by atoms with Gasteiger partial charge in [-0.05, 0) is 26.2 Å². The Bertz CT molecular complexity index is 681. The van der Waals surface area contributed by atoms with E-state index in [0.29, 0.717) is 30.3 Å². The van der Waals surface area contributed by atoms with Crippen molar-refractivity contribution in [2.24, 2.45) is 5.92 Å². The molecule has 0 atom stereocenters. The van der Waals surface area contributed by atoms with E-state index in [1.54, 1.807) is 11.7 Å². The monoisotopic (exact) mass is 323 g/mol. The minimum Gasteiger partial charge on any atom is -0.480 e. The molecular formula is C15H25N5O3. The summed E-state index contributed by atoms with van der Waals surface area (Å²) in [5.41, 5.74) is 6.40. The summed E-state index contributed by atoms with van der Waals surface area (Å²) in [4.78, 5) is 12.6. The zero-order chi connectivity index (χ0) is 17.2. The fourth-order valence-corrected chi connectivity index (χ4v) is 2.88. The number of hydrogen-bond donors (Lipinski definition) is 2. The second kappa shape index (κ2) is 6.57. The largest absolute Gasteiger partial charge is 0.480 e. The Balaban J connectivity index is 2.50. The molecule has 2 aromatic heterocycles. The van der Waals surface area contributed by atoms with Crippen molar-refractivity contribution in [3.8, 4) is 12.0 Å². The molecule has 2 heterocycles. The van der Waals surface area contributed by atoms with Crippen LogP contribution in [-0.2, 0) is 10.3 Å². The first kappa shape index (κ1) is 17.3. The van der Waals surface area contributed by atoms with Crippen molar-refractivity contribution in [3.63, 3.8) is 0 Å². The predicted octanol–water partition coefficient (Wildman–Crippen LogP) is 1.92. The van der Waals surface area contributed by atoms with Crippen LogP contribution in [0, 0.1) is 5.92 Å².